The zero-order valence-electron chi connectivity index (χ0n) is 15.7. The van der Waals surface area contributed by atoms with Crippen molar-refractivity contribution in [2.45, 2.75) is 6.54 Å². The van der Waals surface area contributed by atoms with E-state index in [-0.39, 0.29) is 17.3 Å². The Kier molecular flexibility index (Phi) is 4.43. The molecule has 4 heterocycles. The van der Waals surface area contributed by atoms with Crippen LogP contribution in [0.4, 0.5) is 14.6 Å². The maximum atomic E-state index is 14.3. The molecule has 1 aliphatic heterocycles. The maximum absolute atomic E-state index is 14.3. The summed E-state index contributed by atoms with van der Waals surface area (Å²) in [6.07, 6.45) is 5.31. The standard InChI is InChI=1S/C19H17F2N9/c20-15-2-1-3-16(17(15)21)30-19(26-27-28-30)14-4-12(7-24-18(14)22)13-8-25-29(10-13)9-11-5-23-6-11/h1-4,7-8,10-11,23H,5-6,9H2,(H2,22,24). The number of nitrogen functional groups attached to an aromatic ring is 1. The van der Waals surface area contributed by atoms with Crippen molar-refractivity contribution in [1.82, 2.24) is 40.3 Å². The number of hydrogen-bond acceptors (Lipinski definition) is 7. The topological polar surface area (TPSA) is 112 Å². The maximum Gasteiger partial charge on any atom is 0.190 e. The number of nitrogens with two attached hydrogens (primary N) is 1. The molecule has 30 heavy (non-hydrogen) atoms. The Labute approximate surface area is 169 Å². The van der Waals surface area contributed by atoms with E-state index in [0.29, 0.717) is 11.5 Å². The van der Waals surface area contributed by atoms with Gasteiger partial charge < -0.3 is 11.1 Å². The number of rotatable bonds is 5. The largest absolute Gasteiger partial charge is 0.383 e. The summed E-state index contributed by atoms with van der Waals surface area (Å²) in [6.45, 7) is 2.81. The summed E-state index contributed by atoms with van der Waals surface area (Å²) in [4.78, 5) is 4.24. The van der Waals surface area contributed by atoms with Crippen molar-refractivity contribution in [3.8, 4) is 28.2 Å². The van der Waals surface area contributed by atoms with Crippen LogP contribution in [0.1, 0.15) is 0 Å². The average molecular weight is 409 g/mol. The van der Waals surface area contributed by atoms with Crippen LogP contribution in [0, 0.1) is 17.6 Å². The van der Waals surface area contributed by atoms with E-state index in [0.717, 1.165) is 41.5 Å². The smallest absolute Gasteiger partial charge is 0.190 e. The number of tetrazole rings is 1. The molecule has 11 heteroatoms. The first-order valence-electron chi connectivity index (χ1n) is 9.32. The normalized spacial score (nSPS) is 14.1. The number of anilines is 1. The SMILES string of the molecule is Nc1ncc(-c2cnn(CC3CNC3)c2)cc1-c1nnnn1-c1cccc(F)c1F. The molecule has 0 spiro atoms. The lowest BCUT2D eigenvalue weighted by atomic mass is 10.0. The van der Waals surface area contributed by atoms with Crippen molar-refractivity contribution >= 4 is 5.82 Å². The highest BCUT2D eigenvalue weighted by molar-refractivity contribution is 5.76. The van der Waals surface area contributed by atoms with Gasteiger partial charge in [0.05, 0.1) is 11.8 Å². The van der Waals surface area contributed by atoms with Crippen molar-refractivity contribution in [3.05, 3.63) is 54.5 Å². The van der Waals surface area contributed by atoms with Gasteiger partial charge in [0.2, 0.25) is 0 Å². The molecule has 1 aliphatic rings. The Morgan fingerprint density at radius 1 is 1.17 bits per heavy atom. The van der Waals surface area contributed by atoms with Crippen LogP contribution >= 0.6 is 0 Å². The summed E-state index contributed by atoms with van der Waals surface area (Å²) in [5, 5.41) is 19.0. The molecule has 0 amide bonds. The molecule has 0 unspecified atom stereocenters. The molecule has 3 N–H and O–H groups in total. The van der Waals surface area contributed by atoms with Gasteiger partial charge in [0.1, 0.15) is 11.5 Å². The summed E-state index contributed by atoms with van der Waals surface area (Å²) in [5.41, 5.74) is 7.94. The summed E-state index contributed by atoms with van der Waals surface area (Å²) in [5.74, 6) is -1.16. The molecule has 0 bridgehead atoms. The summed E-state index contributed by atoms with van der Waals surface area (Å²) in [7, 11) is 0. The first-order chi connectivity index (χ1) is 14.6. The molecular weight excluding hydrogens is 392 g/mol. The van der Waals surface area contributed by atoms with Crippen molar-refractivity contribution in [2.75, 3.05) is 18.8 Å². The summed E-state index contributed by atoms with van der Waals surface area (Å²) >= 11 is 0. The third-order valence-electron chi connectivity index (χ3n) is 5.07. The van der Waals surface area contributed by atoms with E-state index >= 15 is 0 Å². The highest BCUT2D eigenvalue weighted by atomic mass is 19.2. The minimum Gasteiger partial charge on any atom is -0.383 e. The van der Waals surface area contributed by atoms with Gasteiger partial charge in [-0.25, -0.2) is 13.8 Å². The van der Waals surface area contributed by atoms with Gasteiger partial charge >= 0.3 is 0 Å². The average Bonchev–Trinajstić information content (AvgIpc) is 3.37. The van der Waals surface area contributed by atoms with Crippen LogP contribution in [0.25, 0.3) is 28.2 Å². The third-order valence-corrected chi connectivity index (χ3v) is 5.07. The number of nitrogens with zero attached hydrogens (tertiary/aromatic N) is 7. The fourth-order valence-electron chi connectivity index (χ4n) is 3.34. The third kappa shape index (κ3) is 3.18. The van der Waals surface area contributed by atoms with Crippen LogP contribution in [0.3, 0.4) is 0 Å². The van der Waals surface area contributed by atoms with Crippen LogP contribution < -0.4 is 11.1 Å². The first kappa shape index (κ1) is 18.3. The lowest BCUT2D eigenvalue weighted by molar-refractivity contribution is 0.295. The number of nitrogens with one attached hydrogen (secondary N) is 1. The molecule has 5 rings (SSSR count). The Morgan fingerprint density at radius 2 is 2.03 bits per heavy atom. The van der Waals surface area contributed by atoms with E-state index in [4.69, 9.17) is 5.73 Å². The van der Waals surface area contributed by atoms with Gasteiger partial charge in [-0.05, 0) is 28.6 Å². The predicted molar refractivity (Wildman–Crippen MR) is 104 cm³/mol. The number of pyridine rings is 1. The molecule has 0 atom stereocenters. The minimum absolute atomic E-state index is 0.123. The number of benzene rings is 1. The number of hydrogen-bond donors (Lipinski definition) is 2. The van der Waals surface area contributed by atoms with Crippen molar-refractivity contribution in [1.29, 1.82) is 0 Å². The summed E-state index contributed by atoms with van der Waals surface area (Å²) in [6, 6.07) is 5.54. The lowest BCUT2D eigenvalue weighted by Crippen LogP contribution is -2.44. The van der Waals surface area contributed by atoms with Gasteiger partial charge in [-0.15, -0.1) is 5.10 Å². The van der Waals surface area contributed by atoms with Crippen LogP contribution in [0.5, 0.6) is 0 Å². The van der Waals surface area contributed by atoms with Gasteiger partial charge in [0.25, 0.3) is 0 Å². The Bertz CT molecular complexity index is 1210. The van der Waals surface area contributed by atoms with Crippen LogP contribution in [-0.4, -0.2) is 48.1 Å². The summed E-state index contributed by atoms with van der Waals surface area (Å²) < 4.78 is 31.0. The molecular formula is C19H17F2N9. The highest BCUT2D eigenvalue weighted by Crippen LogP contribution is 2.30. The fraction of sp³-hybridized carbons (Fsp3) is 0.211. The van der Waals surface area contributed by atoms with Crippen LogP contribution in [-0.2, 0) is 6.54 Å². The van der Waals surface area contributed by atoms with Crippen molar-refractivity contribution in [3.63, 3.8) is 0 Å². The van der Waals surface area contributed by atoms with Gasteiger partial charge in [-0.3, -0.25) is 4.68 Å². The van der Waals surface area contributed by atoms with E-state index in [9.17, 15) is 8.78 Å². The highest BCUT2D eigenvalue weighted by Gasteiger charge is 2.20. The second-order valence-electron chi connectivity index (χ2n) is 7.12. The van der Waals surface area contributed by atoms with E-state index in [1.807, 2.05) is 10.9 Å². The monoisotopic (exact) mass is 409 g/mol. The Balaban J connectivity index is 1.52. The van der Waals surface area contributed by atoms with Gasteiger partial charge in [0, 0.05) is 49.1 Å². The molecule has 1 aromatic carbocycles. The minimum atomic E-state index is -1.06. The zero-order chi connectivity index (χ0) is 20.7. The van der Waals surface area contributed by atoms with E-state index in [1.165, 1.54) is 12.1 Å². The number of halogens is 2. The second-order valence-corrected chi connectivity index (χ2v) is 7.12. The Morgan fingerprint density at radius 3 is 2.83 bits per heavy atom. The van der Waals surface area contributed by atoms with Crippen LogP contribution in [0.15, 0.2) is 42.9 Å². The number of aromatic nitrogens is 7. The van der Waals surface area contributed by atoms with Gasteiger partial charge in [-0.1, -0.05) is 6.07 Å². The fourth-order valence-corrected chi connectivity index (χ4v) is 3.34. The van der Waals surface area contributed by atoms with Crippen LogP contribution in [0.2, 0.25) is 0 Å². The first-order valence-corrected chi connectivity index (χ1v) is 9.32. The molecule has 0 radical (unpaired) electrons. The molecule has 1 saturated heterocycles. The Hall–Kier alpha value is -3.73. The van der Waals surface area contributed by atoms with Gasteiger partial charge in [-0.2, -0.15) is 9.78 Å². The molecule has 152 valence electrons. The molecule has 9 nitrogen and oxygen atoms in total. The molecule has 1 fully saturated rings. The molecule has 0 saturated carbocycles. The van der Waals surface area contributed by atoms with E-state index in [1.54, 1.807) is 18.5 Å². The van der Waals surface area contributed by atoms with Crippen molar-refractivity contribution < 1.29 is 8.78 Å². The quantitative estimate of drug-likeness (QED) is 0.516. The van der Waals surface area contributed by atoms with E-state index in [2.05, 4.69) is 30.9 Å². The molecule has 4 aromatic rings. The van der Waals surface area contributed by atoms with Gasteiger partial charge in [0.15, 0.2) is 17.5 Å². The second kappa shape index (κ2) is 7.26. The molecule has 3 aromatic heterocycles. The van der Waals surface area contributed by atoms with E-state index < -0.39 is 11.6 Å². The zero-order valence-corrected chi connectivity index (χ0v) is 15.7. The van der Waals surface area contributed by atoms with Crippen molar-refractivity contribution in [2.24, 2.45) is 5.92 Å². The lowest BCUT2D eigenvalue weighted by Gasteiger charge is -2.26. The predicted octanol–water partition coefficient (Wildman–Crippen LogP) is 1.67. The molecule has 0 aliphatic carbocycles.